The van der Waals surface area contributed by atoms with Gasteiger partial charge in [-0.05, 0) is 30.9 Å². The second-order valence-electron chi connectivity index (χ2n) is 5.20. The highest BCUT2D eigenvalue weighted by atomic mass is 32.2. The van der Waals surface area contributed by atoms with Crippen LogP contribution in [-0.2, 0) is 6.42 Å². The Labute approximate surface area is 123 Å². The van der Waals surface area contributed by atoms with Gasteiger partial charge in [-0.25, -0.2) is 0 Å². The molecule has 5 heteroatoms. The Morgan fingerprint density at radius 2 is 1.80 bits per heavy atom. The van der Waals surface area contributed by atoms with E-state index in [9.17, 15) is 13.2 Å². The van der Waals surface area contributed by atoms with E-state index in [4.69, 9.17) is 0 Å². The molecule has 0 saturated heterocycles. The standard InChI is InChI=1S/C15H22F3NS/c1-12(2)19-11-14(8-9-20-15(16,17)18)10-13-6-4-3-5-7-13/h3-7,12,14,19H,8-11H2,1-2H3. The lowest BCUT2D eigenvalue weighted by Gasteiger charge is -2.19. The van der Waals surface area contributed by atoms with Crippen LogP contribution in [0.3, 0.4) is 0 Å². The van der Waals surface area contributed by atoms with Crippen molar-refractivity contribution in [3.63, 3.8) is 0 Å². The van der Waals surface area contributed by atoms with E-state index in [2.05, 4.69) is 5.32 Å². The molecule has 1 unspecified atom stereocenters. The molecule has 0 radical (unpaired) electrons. The van der Waals surface area contributed by atoms with E-state index in [0.29, 0.717) is 12.5 Å². The van der Waals surface area contributed by atoms with Gasteiger partial charge in [-0.3, -0.25) is 0 Å². The van der Waals surface area contributed by atoms with Crippen LogP contribution in [0.5, 0.6) is 0 Å². The summed E-state index contributed by atoms with van der Waals surface area (Å²) in [6.07, 6.45) is 1.39. The van der Waals surface area contributed by atoms with E-state index < -0.39 is 5.51 Å². The lowest BCUT2D eigenvalue weighted by molar-refractivity contribution is -0.0328. The number of alkyl halides is 3. The zero-order chi connectivity index (χ0) is 15.0. The van der Waals surface area contributed by atoms with Gasteiger partial charge in [0, 0.05) is 11.8 Å². The topological polar surface area (TPSA) is 12.0 Å². The summed E-state index contributed by atoms with van der Waals surface area (Å²) in [6.45, 7) is 4.85. The Bertz CT molecular complexity index is 365. The number of halogens is 3. The fourth-order valence-electron chi connectivity index (χ4n) is 1.97. The summed E-state index contributed by atoms with van der Waals surface area (Å²) < 4.78 is 36.6. The molecule has 1 nitrogen and oxygen atoms in total. The Balaban J connectivity index is 2.47. The Kier molecular flexibility index (Phi) is 7.45. The van der Waals surface area contributed by atoms with Crippen LogP contribution in [-0.4, -0.2) is 23.8 Å². The first-order chi connectivity index (χ1) is 9.37. The molecule has 0 aliphatic heterocycles. The second-order valence-corrected chi connectivity index (χ2v) is 6.36. The van der Waals surface area contributed by atoms with Crippen molar-refractivity contribution in [3.8, 4) is 0 Å². The molecular weight excluding hydrogens is 283 g/mol. The van der Waals surface area contributed by atoms with Crippen LogP contribution in [0.2, 0.25) is 0 Å². The van der Waals surface area contributed by atoms with Gasteiger partial charge in [0.05, 0.1) is 0 Å². The van der Waals surface area contributed by atoms with Crippen molar-refractivity contribution >= 4 is 11.8 Å². The summed E-state index contributed by atoms with van der Waals surface area (Å²) in [6, 6.07) is 10.3. The van der Waals surface area contributed by atoms with Gasteiger partial charge in [0.25, 0.3) is 0 Å². The highest BCUT2D eigenvalue weighted by Gasteiger charge is 2.28. The van der Waals surface area contributed by atoms with Gasteiger partial charge >= 0.3 is 5.51 Å². The van der Waals surface area contributed by atoms with Gasteiger partial charge in [-0.1, -0.05) is 55.9 Å². The van der Waals surface area contributed by atoms with Crippen LogP contribution >= 0.6 is 11.8 Å². The monoisotopic (exact) mass is 305 g/mol. The third-order valence-electron chi connectivity index (χ3n) is 2.97. The largest absolute Gasteiger partial charge is 0.441 e. The van der Waals surface area contributed by atoms with Crippen molar-refractivity contribution in [2.45, 2.75) is 38.2 Å². The number of hydrogen-bond acceptors (Lipinski definition) is 2. The number of thioether (sulfide) groups is 1. The Hall–Kier alpha value is -0.680. The predicted molar refractivity (Wildman–Crippen MR) is 79.9 cm³/mol. The Morgan fingerprint density at radius 1 is 1.15 bits per heavy atom. The quantitative estimate of drug-likeness (QED) is 0.759. The van der Waals surface area contributed by atoms with E-state index in [-0.39, 0.29) is 23.4 Å². The number of rotatable bonds is 8. The van der Waals surface area contributed by atoms with Gasteiger partial charge in [0.1, 0.15) is 0 Å². The molecule has 0 aromatic heterocycles. The van der Waals surface area contributed by atoms with Crippen molar-refractivity contribution in [2.24, 2.45) is 5.92 Å². The molecule has 0 aliphatic carbocycles. The minimum absolute atomic E-state index is 0.0789. The SMILES string of the molecule is CC(C)NCC(CCSC(F)(F)F)Cc1ccccc1. The Morgan fingerprint density at radius 3 is 2.35 bits per heavy atom. The second kappa shape index (κ2) is 8.57. The third kappa shape index (κ3) is 8.48. The van der Waals surface area contributed by atoms with Crippen molar-refractivity contribution in [2.75, 3.05) is 12.3 Å². The molecule has 0 heterocycles. The summed E-state index contributed by atoms with van der Waals surface area (Å²) in [4.78, 5) is 0. The minimum Gasteiger partial charge on any atom is -0.314 e. The van der Waals surface area contributed by atoms with Crippen molar-refractivity contribution in [1.82, 2.24) is 5.32 Å². The van der Waals surface area contributed by atoms with E-state index in [1.165, 1.54) is 5.56 Å². The zero-order valence-electron chi connectivity index (χ0n) is 11.9. The van der Waals surface area contributed by atoms with Gasteiger partial charge in [-0.15, -0.1) is 0 Å². The molecule has 1 aromatic carbocycles. The van der Waals surface area contributed by atoms with E-state index >= 15 is 0 Å². The average molecular weight is 305 g/mol. The fraction of sp³-hybridized carbons (Fsp3) is 0.600. The molecule has 0 spiro atoms. The maximum atomic E-state index is 12.2. The van der Waals surface area contributed by atoms with E-state index in [0.717, 1.165) is 13.0 Å². The highest BCUT2D eigenvalue weighted by molar-refractivity contribution is 8.00. The average Bonchev–Trinajstić information content (AvgIpc) is 2.35. The van der Waals surface area contributed by atoms with Crippen LogP contribution in [0.4, 0.5) is 13.2 Å². The molecule has 0 aliphatic rings. The predicted octanol–water partition coefficient (Wildman–Crippen LogP) is 4.49. The lowest BCUT2D eigenvalue weighted by atomic mass is 9.96. The molecule has 0 bridgehead atoms. The molecule has 1 N–H and O–H groups in total. The molecule has 0 amide bonds. The molecule has 1 aromatic rings. The molecule has 20 heavy (non-hydrogen) atoms. The molecule has 1 rings (SSSR count). The van der Waals surface area contributed by atoms with Crippen LogP contribution in [0.15, 0.2) is 30.3 Å². The highest BCUT2D eigenvalue weighted by Crippen LogP contribution is 2.31. The summed E-state index contributed by atoms with van der Waals surface area (Å²) in [5.41, 5.74) is -2.94. The molecular formula is C15H22F3NS. The van der Waals surface area contributed by atoms with Crippen LogP contribution < -0.4 is 5.32 Å². The molecule has 1 atom stereocenters. The van der Waals surface area contributed by atoms with Crippen LogP contribution in [0.25, 0.3) is 0 Å². The first-order valence-electron chi connectivity index (χ1n) is 6.85. The van der Waals surface area contributed by atoms with Gasteiger partial charge in [-0.2, -0.15) is 13.2 Å². The maximum Gasteiger partial charge on any atom is 0.441 e. The molecule has 0 fully saturated rings. The normalized spacial score (nSPS) is 13.7. The van der Waals surface area contributed by atoms with E-state index in [1.807, 2.05) is 44.2 Å². The van der Waals surface area contributed by atoms with E-state index in [1.54, 1.807) is 0 Å². The smallest absolute Gasteiger partial charge is 0.314 e. The number of nitrogens with one attached hydrogen (secondary N) is 1. The van der Waals surface area contributed by atoms with Gasteiger partial charge in [0.2, 0.25) is 0 Å². The number of hydrogen-bond donors (Lipinski definition) is 1. The van der Waals surface area contributed by atoms with Gasteiger partial charge < -0.3 is 5.32 Å². The summed E-state index contributed by atoms with van der Waals surface area (Å²) in [5, 5.41) is 3.32. The van der Waals surface area contributed by atoms with Crippen LogP contribution in [0.1, 0.15) is 25.8 Å². The lowest BCUT2D eigenvalue weighted by Crippen LogP contribution is -2.30. The summed E-state index contributed by atoms with van der Waals surface area (Å²) in [7, 11) is 0. The van der Waals surface area contributed by atoms with Crippen molar-refractivity contribution in [1.29, 1.82) is 0 Å². The van der Waals surface area contributed by atoms with Gasteiger partial charge in [0.15, 0.2) is 0 Å². The zero-order valence-corrected chi connectivity index (χ0v) is 12.7. The first-order valence-corrected chi connectivity index (χ1v) is 7.83. The minimum atomic E-state index is -4.12. The first kappa shape index (κ1) is 17.4. The number of benzene rings is 1. The fourth-order valence-corrected chi connectivity index (χ4v) is 2.65. The summed E-state index contributed by atoms with van der Waals surface area (Å²) >= 11 is 0.0789. The summed E-state index contributed by atoms with van der Waals surface area (Å²) in [5.74, 6) is 0.357. The van der Waals surface area contributed by atoms with Crippen LogP contribution in [0, 0.1) is 5.92 Å². The third-order valence-corrected chi connectivity index (χ3v) is 3.74. The van der Waals surface area contributed by atoms with Crippen molar-refractivity contribution < 1.29 is 13.2 Å². The maximum absolute atomic E-state index is 12.2. The molecule has 114 valence electrons. The van der Waals surface area contributed by atoms with Crippen molar-refractivity contribution in [3.05, 3.63) is 35.9 Å². The molecule has 0 saturated carbocycles.